The van der Waals surface area contributed by atoms with E-state index in [1.165, 1.54) is 29.9 Å². The molecule has 28 heavy (non-hydrogen) atoms. The first kappa shape index (κ1) is 20.3. The van der Waals surface area contributed by atoms with Crippen LogP contribution >= 0.6 is 7.26 Å². The first-order chi connectivity index (χ1) is 13.7. The number of rotatable bonds is 9. The molecule has 3 rings (SSSR count). The lowest BCUT2D eigenvalue weighted by molar-refractivity contribution is 0.0698. The third-order valence-electron chi connectivity index (χ3n) is 5.29. The Bertz CT molecular complexity index is 851. The highest BCUT2D eigenvalue weighted by Crippen LogP contribution is 2.56. The number of hydrogen-bond acceptors (Lipinski definition) is 1. The fraction of sp³-hybridized carbons (Fsp3) is 0.240. The van der Waals surface area contributed by atoms with Gasteiger partial charge in [0.05, 0.1) is 6.16 Å². The zero-order chi connectivity index (χ0) is 19.8. The molecule has 0 unspecified atom stereocenters. The molecule has 0 saturated heterocycles. The van der Waals surface area contributed by atoms with Gasteiger partial charge in [0.2, 0.25) is 0 Å². The molecule has 0 amide bonds. The smallest absolute Gasteiger partial charge is 0.339 e. The van der Waals surface area contributed by atoms with Crippen LogP contribution in [0.2, 0.25) is 0 Å². The highest BCUT2D eigenvalue weighted by molar-refractivity contribution is 7.95. The summed E-state index contributed by atoms with van der Waals surface area (Å²) in [5.41, 5.74) is 0.430. The Morgan fingerprint density at radius 3 is 1.82 bits per heavy atom. The summed E-state index contributed by atoms with van der Waals surface area (Å²) in [6.45, 7) is 2.22. The Kier molecular flexibility index (Phi) is 7.01. The van der Waals surface area contributed by atoms with Crippen molar-refractivity contribution < 1.29 is 9.90 Å². The molecule has 3 heteroatoms. The summed E-state index contributed by atoms with van der Waals surface area (Å²) in [7, 11) is -2.07. The van der Waals surface area contributed by atoms with Gasteiger partial charge in [0.15, 0.2) is 0 Å². The van der Waals surface area contributed by atoms with Gasteiger partial charge in [0, 0.05) is 0 Å². The molecule has 0 heterocycles. The van der Waals surface area contributed by atoms with Crippen LogP contribution in [0.1, 0.15) is 43.0 Å². The molecular formula is C25H28O2P+. The van der Waals surface area contributed by atoms with E-state index in [0.29, 0.717) is 5.56 Å². The van der Waals surface area contributed by atoms with Gasteiger partial charge >= 0.3 is 5.97 Å². The average molecular weight is 391 g/mol. The van der Waals surface area contributed by atoms with E-state index in [-0.39, 0.29) is 0 Å². The molecule has 3 aromatic carbocycles. The van der Waals surface area contributed by atoms with Gasteiger partial charge in [0.1, 0.15) is 28.7 Å². The Morgan fingerprint density at radius 2 is 1.29 bits per heavy atom. The van der Waals surface area contributed by atoms with E-state index in [1.54, 1.807) is 6.07 Å². The third-order valence-corrected chi connectivity index (χ3v) is 9.85. The molecule has 0 aliphatic carbocycles. The second kappa shape index (κ2) is 9.66. The maximum atomic E-state index is 12.1. The fourth-order valence-electron chi connectivity index (χ4n) is 3.93. The van der Waals surface area contributed by atoms with Gasteiger partial charge in [-0.15, -0.1) is 0 Å². The van der Waals surface area contributed by atoms with Crippen LogP contribution in [0.15, 0.2) is 84.9 Å². The molecular weight excluding hydrogens is 363 g/mol. The van der Waals surface area contributed by atoms with Crippen molar-refractivity contribution >= 4 is 29.1 Å². The predicted octanol–water partition coefficient (Wildman–Crippen LogP) is 5.26. The summed E-state index contributed by atoms with van der Waals surface area (Å²) in [5, 5.41) is 13.4. The van der Waals surface area contributed by atoms with Crippen LogP contribution in [0.4, 0.5) is 0 Å². The van der Waals surface area contributed by atoms with Crippen molar-refractivity contribution in [1.82, 2.24) is 0 Å². The maximum absolute atomic E-state index is 12.1. The molecule has 0 spiro atoms. The Hall–Kier alpha value is -2.44. The van der Waals surface area contributed by atoms with Crippen molar-refractivity contribution in [3.8, 4) is 0 Å². The highest BCUT2D eigenvalue weighted by Gasteiger charge is 2.46. The summed E-state index contributed by atoms with van der Waals surface area (Å²) in [6.07, 6.45) is 5.66. The molecule has 1 N–H and O–H groups in total. The summed E-state index contributed by atoms with van der Waals surface area (Å²) in [5.74, 6) is -0.847. The predicted molar refractivity (Wildman–Crippen MR) is 121 cm³/mol. The van der Waals surface area contributed by atoms with Crippen LogP contribution in [0.5, 0.6) is 0 Å². The molecule has 144 valence electrons. The number of carbonyl (C=O) groups is 1. The topological polar surface area (TPSA) is 37.3 Å². The van der Waals surface area contributed by atoms with Crippen LogP contribution in [-0.2, 0) is 0 Å². The zero-order valence-electron chi connectivity index (χ0n) is 16.4. The van der Waals surface area contributed by atoms with Gasteiger partial charge in [0.25, 0.3) is 0 Å². The number of benzene rings is 3. The molecule has 0 bridgehead atoms. The molecule has 3 aromatic rings. The van der Waals surface area contributed by atoms with Crippen LogP contribution < -0.4 is 15.9 Å². The normalized spacial score (nSPS) is 11.3. The van der Waals surface area contributed by atoms with Gasteiger partial charge in [-0.05, 0) is 49.2 Å². The van der Waals surface area contributed by atoms with Crippen LogP contribution in [0.3, 0.4) is 0 Å². The molecule has 0 radical (unpaired) electrons. The van der Waals surface area contributed by atoms with Crippen molar-refractivity contribution in [2.45, 2.75) is 32.6 Å². The lowest BCUT2D eigenvalue weighted by atomic mass is 10.2. The lowest BCUT2D eigenvalue weighted by Gasteiger charge is -2.28. The highest BCUT2D eigenvalue weighted by atomic mass is 31.2. The fourth-order valence-corrected chi connectivity index (χ4v) is 8.53. The quantitative estimate of drug-likeness (QED) is 0.399. The number of unbranched alkanes of at least 4 members (excludes halogenated alkanes) is 3. The van der Waals surface area contributed by atoms with Crippen LogP contribution in [-0.4, -0.2) is 17.2 Å². The summed E-state index contributed by atoms with van der Waals surface area (Å²) in [6, 6.07) is 28.7. The number of aromatic carboxylic acids is 1. The minimum atomic E-state index is -2.07. The molecule has 0 fully saturated rings. The van der Waals surface area contributed by atoms with Crippen LogP contribution in [0, 0.1) is 0 Å². The third kappa shape index (κ3) is 4.18. The minimum Gasteiger partial charge on any atom is -0.478 e. The first-order valence-electron chi connectivity index (χ1n) is 10.0. The van der Waals surface area contributed by atoms with E-state index < -0.39 is 13.2 Å². The maximum Gasteiger partial charge on any atom is 0.339 e. The van der Waals surface area contributed by atoms with E-state index in [9.17, 15) is 9.90 Å². The molecule has 0 saturated carbocycles. The second-order valence-electron chi connectivity index (χ2n) is 7.09. The van der Waals surface area contributed by atoms with Crippen molar-refractivity contribution in [2.75, 3.05) is 6.16 Å². The van der Waals surface area contributed by atoms with Crippen molar-refractivity contribution in [1.29, 1.82) is 0 Å². The second-order valence-corrected chi connectivity index (χ2v) is 10.7. The molecule has 0 aliphatic rings. The first-order valence-corrected chi connectivity index (χ1v) is 12.0. The monoisotopic (exact) mass is 391 g/mol. The standard InChI is InChI=1S/C25H27O2P/c1-2-3-4-13-20-28(21-14-7-5-8-15-21,22-16-9-6-10-17-22)24-19-12-11-18-23(24)25(26)27/h5-12,14-19H,2-4,13,20H2,1H3/p+1. The molecule has 0 aliphatic heterocycles. The van der Waals surface area contributed by atoms with E-state index in [4.69, 9.17) is 0 Å². The molecule has 0 aromatic heterocycles. The SMILES string of the molecule is CCCCCC[P+](c1ccccc1)(c1ccccc1)c1ccccc1C(=O)O. The molecule has 0 atom stereocenters. The van der Waals surface area contributed by atoms with Gasteiger partial charge in [-0.3, -0.25) is 0 Å². The zero-order valence-corrected chi connectivity index (χ0v) is 17.3. The largest absolute Gasteiger partial charge is 0.478 e. The van der Waals surface area contributed by atoms with E-state index in [2.05, 4.69) is 55.5 Å². The van der Waals surface area contributed by atoms with Crippen molar-refractivity contribution in [3.05, 3.63) is 90.5 Å². The van der Waals surface area contributed by atoms with E-state index in [1.807, 2.05) is 30.3 Å². The van der Waals surface area contributed by atoms with Crippen molar-refractivity contribution in [2.24, 2.45) is 0 Å². The van der Waals surface area contributed by atoms with Gasteiger partial charge < -0.3 is 5.11 Å². The minimum absolute atomic E-state index is 0.430. The average Bonchev–Trinajstić information content (AvgIpc) is 2.75. The molecule has 2 nitrogen and oxygen atoms in total. The summed E-state index contributed by atoms with van der Waals surface area (Å²) >= 11 is 0. The van der Waals surface area contributed by atoms with Crippen molar-refractivity contribution in [3.63, 3.8) is 0 Å². The van der Waals surface area contributed by atoms with E-state index >= 15 is 0 Å². The van der Waals surface area contributed by atoms with E-state index in [0.717, 1.165) is 17.9 Å². The number of hydrogen-bond donors (Lipinski definition) is 1. The van der Waals surface area contributed by atoms with Gasteiger partial charge in [-0.1, -0.05) is 68.3 Å². The summed E-state index contributed by atoms with van der Waals surface area (Å²) < 4.78 is 0. The Morgan fingerprint density at radius 1 is 0.750 bits per heavy atom. The Labute approximate surface area is 168 Å². The number of carboxylic acids is 1. The van der Waals surface area contributed by atoms with Gasteiger partial charge in [-0.25, -0.2) is 4.79 Å². The number of carboxylic acid groups (broad SMARTS) is 1. The van der Waals surface area contributed by atoms with Gasteiger partial charge in [-0.2, -0.15) is 0 Å². The lowest BCUT2D eigenvalue weighted by Crippen LogP contribution is -2.36. The Balaban J connectivity index is 2.26. The van der Waals surface area contributed by atoms with Crippen LogP contribution in [0.25, 0.3) is 0 Å². The summed E-state index contributed by atoms with van der Waals surface area (Å²) in [4.78, 5) is 12.1.